The van der Waals surface area contributed by atoms with E-state index in [0.717, 1.165) is 5.56 Å². The summed E-state index contributed by atoms with van der Waals surface area (Å²) in [6, 6.07) is 9.93. The Morgan fingerprint density at radius 1 is 1.29 bits per heavy atom. The summed E-state index contributed by atoms with van der Waals surface area (Å²) in [5.74, 6) is 1.19. The van der Waals surface area contributed by atoms with Crippen molar-refractivity contribution in [2.45, 2.75) is 13.8 Å². The molecular weight excluding hydrogens is 292 g/mol. The standard InChI is InChI=1S/C15H15ClN2O3/c1-3-17-13-9-12(5-6-14(13)18(19)20)21-15-7-4-11(16)8-10(15)2/h4-9,17H,3H2,1-2H3. The zero-order valence-electron chi connectivity index (χ0n) is 11.7. The van der Waals surface area contributed by atoms with E-state index in [1.165, 1.54) is 6.07 Å². The van der Waals surface area contributed by atoms with Gasteiger partial charge in [-0.15, -0.1) is 0 Å². The van der Waals surface area contributed by atoms with E-state index in [2.05, 4.69) is 5.32 Å². The van der Waals surface area contributed by atoms with Gasteiger partial charge in [0, 0.05) is 23.7 Å². The van der Waals surface area contributed by atoms with Crippen LogP contribution >= 0.6 is 11.6 Å². The van der Waals surface area contributed by atoms with Gasteiger partial charge in [0.15, 0.2) is 0 Å². The largest absolute Gasteiger partial charge is 0.457 e. The van der Waals surface area contributed by atoms with Crippen LogP contribution in [0.15, 0.2) is 36.4 Å². The van der Waals surface area contributed by atoms with Crippen LogP contribution in [0.25, 0.3) is 0 Å². The second-order valence-corrected chi connectivity index (χ2v) is 4.91. The van der Waals surface area contributed by atoms with E-state index in [1.807, 2.05) is 13.8 Å². The fourth-order valence-corrected chi connectivity index (χ4v) is 2.15. The maximum atomic E-state index is 11.0. The number of nitro groups is 1. The van der Waals surface area contributed by atoms with Crippen molar-refractivity contribution in [1.82, 2.24) is 0 Å². The van der Waals surface area contributed by atoms with E-state index >= 15 is 0 Å². The Morgan fingerprint density at radius 3 is 2.67 bits per heavy atom. The van der Waals surface area contributed by atoms with E-state index in [0.29, 0.717) is 28.8 Å². The minimum atomic E-state index is -0.421. The Bertz CT molecular complexity index is 674. The molecule has 0 unspecified atom stereocenters. The zero-order valence-corrected chi connectivity index (χ0v) is 12.5. The third-order valence-corrected chi connectivity index (χ3v) is 3.13. The van der Waals surface area contributed by atoms with Gasteiger partial charge in [-0.1, -0.05) is 11.6 Å². The normalized spacial score (nSPS) is 10.2. The monoisotopic (exact) mass is 306 g/mol. The molecule has 0 saturated carbocycles. The molecule has 5 nitrogen and oxygen atoms in total. The SMILES string of the molecule is CCNc1cc(Oc2ccc(Cl)cc2C)ccc1[N+](=O)[O-]. The van der Waals surface area contributed by atoms with Gasteiger partial charge in [0.2, 0.25) is 0 Å². The van der Waals surface area contributed by atoms with E-state index in [1.54, 1.807) is 30.3 Å². The molecule has 2 aromatic carbocycles. The topological polar surface area (TPSA) is 64.4 Å². The number of rotatable bonds is 5. The van der Waals surface area contributed by atoms with Crippen LogP contribution < -0.4 is 10.1 Å². The van der Waals surface area contributed by atoms with E-state index in [-0.39, 0.29) is 5.69 Å². The van der Waals surface area contributed by atoms with E-state index in [9.17, 15) is 10.1 Å². The van der Waals surface area contributed by atoms with Crippen LogP contribution in [0.5, 0.6) is 11.5 Å². The third kappa shape index (κ3) is 3.64. The molecule has 0 atom stereocenters. The van der Waals surface area contributed by atoms with Crippen LogP contribution in [-0.4, -0.2) is 11.5 Å². The van der Waals surface area contributed by atoms with Gasteiger partial charge in [-0.2, -0.15) is 0 Å². The molecule has 0 aliphatic rings. The smallest absolute Gasteiger partial charge is 0.292 e. The van der Waals surface area contributed by atoms with Gasteiger partial charge < -0.3 is 10.1 Å². The number of benzene rings is 2. The molecule has 0 radical (unpaired) electrons. The van der Waals surface area contributed by atoms with Crippen molar-refractivity contribution in [3.8, 4) is 11.5 Å². The molecule has 0 amide bonds. The molecule has 21 heavy (non-hydrogen) atoms. The number of nitrogens with zero attached hydrogens (tertiary/aromatic N) is 1. The summed E-state index contributed by atoms with van der Waals surface area (Å²) in [5.41, 5.74) is 1.36. The van der Waals surface area contributed by atoms with Crippen molar-refractivity contribution in [1.29, 1.82) is 0 Å². The fourth-order valence-electron chi connectivity index (χ4n) is 1.92. The van der Waals surface area contributed by atoms with E-state index in [4.69, 9.17) is 16.3 Å². The van der Waals surface area contributed by atoms with Gasteiger partial charge in [0.1, 0.15) is 17.2 Å². The predicted octanol–water partition coefficient (Wildman–Crippen LogP) is 4.78. The first kappa shape index (κ1) is 15.1. The predicted molar refractivity (Wildman–Crippen MR) is 83.5 cm³/mol. The lowest BCUT2D eigenvalue weighted by atomic mass is 10.2. The summed E-state index contributed by atoms with van der Waals surface area (Å²) in [5, 5.41) is 14.6. The Hall–Kier alpha value is -2.27. The zero-order chi connectivity index (χ0) is 15.4. The summed E-state index contributed by atoms with van der Waals surface area (Å²) in [4.78, 5) is 10.5. The number of aryl methyl sites for hydroxylation is 1. The van der Waals surface area contributed by atoms with Crippen LogP contribution in [0.2, 0.25) is 5.02 Å². The highest BCUT2D eigenvalue weighted by atomic mass is 35.5. The first-order valence-corrected chi connectivity index (χ1v) is 6.85. The third-order valence-electron chi connectivity index (χ3n) is 2.90. The van der Waals surface area contributed by atoms with Gasteiger partial charge in [0.05, 0.1) is 4.92 Å². The molecule has 0 spiro atoms. The molecule has 0 fully saturated rings. The second kappa shape index (κ2) is 6.45. The highest BCUT2D eigenvalue weighted by Crippen LogP contribution is 2.33. The molecular formula is C15H15ClN2O3. The highest BCUT2D eigenvalue weighted by molar-refractivity contribution is 6.30. The number of nitrogens with one attached hydrogen (secondary N) is 1. The lowest BCUT2D eigenvalue weighted by Gasteiger charge is -2.11. The summed E-state index contributed by atoms with van der Waals surface area (Å²) in [6.07, 6.45) is 0. The number of nitro benzene ring substituents is 1. The highest BCUT2D eigenvalue weighted by Gasteiger charge is 2.14. The van der Waals surface area contributed by atoms with E-state index < -0.39 is 4.92 Å². The van der Waals surface area contributed by atoms with Crippen molar-refractivity contribution in [2.75, 3.05) is 11.9 Å². The van der Waals surface area contributed by atoms with Crippen LogP contribution in [0.1, 0.15) is 12.5 Å². The van der Waals surface area contributed by atoms with Crippen molar-refractivity contribution >= 4 is 23.0 Å². The van der Waals surface area contributed by atoms with Crippen LogP contribution in [-0.2, 0) is 0 Å². The van der Waals surface area contributed by atoms with Gasteiger partial charge >= 0.3 is 0 Å². The van der Waals surface area contributed by atoms with Crippen molar-refractivity contribution in [3.63, 3.8) is 0 Å². The molecule has 0 aromatic heterocycles. The van der Waals surface area contributed by atoms with Crippen molar-refractivity contribution in [2.24, 2.45) is 0 Å². The Balaban J connectivity index is 2.32. The maximum absolute atomic E-state index is 11.0. The molecule has 0 heterocycles. The quantitative estimate of drug-likeness (QED) is 0.637. The Kier molecular flexibility index (Phi) is 4.65. The summed E-state index contributed by atoms with van der Waals surface area (Å²) >= 11 is 5.90. The van der Waals surface area contributed by atoms with Crippen LogP contribution in [0.4, 0.5) is 11.4 Å². The van der Waals surface area contributed by atoms with Gasteiger partial charge in [-0.3, -0.25) is 10.1 Å². The van der Waals surface area contributed by atoms with Gasteiger partial charge in [0.25, 0.3) is 5.69 Å². The van der Waals surface area contributed by atoms with Crippen molar-refractivity contribution < 1.29 is 9.66 Å². The minimum Gasteiger partial charge on any atom is -0.457 e. The number of ether oxygens (including phenoxy) is 1. The minimum absolute atomic E-state index is 0.0250. The lowest BCUT2D eigenvalue weighted by Crippen LogP contribution is -2.01. The molecule has 6 heteroatoms. The molecule has 2 aromatic rings. The Morgan fingerprint density at radius 2 is 2.05 bits per heavy atom. The maximum Gasteiger partial charge on any atom is 0.292 e. The number of hydrogen-bond acceptors (Lipinski definition) is 4. The second-order valence-electron chi connectivity index (χ2n) is 4.48. The summed E-state index contributed by atoms with van der Waals surface area (Å²) in [6.45, 7) is 4.35. The van der Waals surface area contributed by atoms with Crippen LogP contribution in [0.3, 0.4) is 0 Å². The first-order valence-electron chi connectivity index (χ1n) is 6.47. The fraction of sp³-hybridized carbons (Fsp3) is 0.200. The average Bonchev–Trinajstić information content (AvgIpc) is 2.42. The van der Waals surface area contributed by atoms with Gasteiger partial charge in [-0.05, 0) is 43.7 Å². The molecule has 0 aliphatic carbocycles. The van der Waals surface area contributed by atoms with Crippen molar-refractivity contribution in [3.05, 3.63) is 57.1 Å². The molecule has 0 aliphatic heterocycles. The van der Waals surface area contributed by atoms with Crippen LogP contribution in [0, 0.1) is 17.0 Å². The Labute approximate surface area is 127 Å². The number of hydrogen-bond donors (Lipinski definition) is 1. The molecule has 0 bridgehead atoms. The molecule has 2 rings (SSSR count). The molecule has 1 N–H and O–H groups in total. The van der Waals surface area contributed by atoms with Gasteiger partial charge in [-0.25, -0.2) is 0 Å². The lowest BCUT2D eigenvalue weighted by molar-refractivity contribution is -0.384. The number of anilines is 1. The molecule has 0 saturated heterocycles. The molecule has 110 valence electrons. The summed E-state index contributed by atoms with van der Waals surface area (Å²) < 4.78 is 5.76. The summed E-state index contributed by atoms with van der Waals surface area (Å²) in [7, 11) is 0. The number of halogens is 1. The first-order chi connectivity index (χ1) is 10.0. The average molecular weight is 307 g/mol.